The summed E-state index contributed by atoms with van der Waals surface area (Å²) in [5, 5.41) is 114. The topological polar surface area (TPSA) is 317 Å². The van der Waals surface area contributed by atoms with Gasteiger partial charge >= 0.3 is 0 Å². The summed E-state index contributed by atoms with van der Waals surface area (Å²) < 4.78 is 44.8. The zero-order valence-corrected chi connectivity index (χ0v) is 28.8. The van der Waals surface area contributed by atoms with E-state index in [-0.39, 0.29) is 34.2 Å². The van der Waals surface area contributed by atoms with Crippen LogP contribution in [0.1, 0.15) is 13.8 Å². The van der Waals surface area contributed by atoms with Gasteiger partial charge in [0.1, 0.15) is 83.5 Å². The van der Waals surface area contributed by atoms with Crippen LogP contribution in [0.15, 0.2) is 39.5 Å². The Morgan fingerprint density at radius 3 is 1.85 bits per heavy atom. The van der Waals surface area contributed by atoms with E-state index in [4.69, 9.17) is 37.6 Å². The van der Waals surface area contributed by atoms with Crippen LogP contribution in [-0.4, -0.2) is 162 Å². The van der Waals surface area contributed by atoms with Gasteiger partial charge in [0.15, 0.2) is 23.5 Å². The van der Waals surface area contributed by atoms with Gasteiger partial charge in [0.25, 0.3) is 0 Å². The molecule has 5 unspecified atom stereocenters. The van der Waals surface area contributed by atoms with Gasteiger partial charge in [-0.2, -0.15) is 0 Å². The number of methoxy groups -OCH3 is 1. The van der Waals surface area contributed by atoms with Crippen molar-refractivity contribution in [2.75, 3.05) is 13.7 Å². The van der Waals surface area contributed by atoms with Crippen LogP contribution in [-0.2, 0) is 18.9 Å². The summed E-state index contributed by atoms with van der Waals surface area (Å²) in [4.78, 5) is 14.0. The monoisotopic (exact) mass is 770 g/mol. The fourth-order valence-corrected chi connectivity index (χ4v) is 6.30. The number of hydrogen-bond acceptors (Lipinski definition) is 20. The minimum Gasteiger partial charge on any atom is -0.507 e. The maximum atomic E-state index is 14.0. The highest BCUT2D eigenvalue weighted by Crippen LogP contribution is 2.40. The van der Waals surface area contributed by atoms with Gasteiger partial charge in [0.05, 0.1) is 25.9 Å². The molecule has 0 aliphatic carbocycles. The number of rotatable bonds is 9. The van der Waals surface area contributed by atoms with Crippen molar-refractivity contribution in [1.82, 2.24) is 0 Å². The summed E-state index contributed by atoms with van der Waals surface area (Å²) in [5.74, 6) is -2.30. The Balaban J connectivity index is 1.32. The molecule has 3 aliphatic heterocycles. The molecule has 4 heterocycles. The van der Waals surface area contributed by atoms with Crippen molar-refractivity contribution < 1.29 is 93.7 Å². The van der Waals surface area contributed by atoms with E-state index in [1.807, 2.05) is 0 Å². The third kappa shape index (κ3) is 7.41. The number of aromatic hydroxyl groups is 2. The van der Waals surface area contributed by atoms with Crippen molar-refractivity contribution in [3.8, 4) is 40.1 Å². The van der Waals surface area contributed by atoms with Crippen LogP contribution in [0.5, 0.6) is 28.7 Å². The van der Waals surface area contributed by atoms with Crippen LogP contribution in [0.2, 0.25) is 0 Å². The standard InChI is InChI=1S/C34H42O20/c1-10-20(37)24(41)27(44)32(49-10)48-9-18-22(39)26(43)29(46)34(53-18)51-13-7-15(36)19-17(8-13)52-30(12-4-5-14(35)16(6-12)47-3)31(23(19)40)54-33-28(45)25(42)21(38)11(2)50-33/h4-8,10-11,18,20-22,24-29,32-39,41-46H,9H2,1-3H3/t10-,11-,18?,20-,21-,22?,24+,25+,26?,27+,28+,29?,32+,33-,34?/m0/s1. The van der Waals surface area contributed by atoms with Gasteiger partial charge < -0.3 is 93.7 Å². The van der Waals surface area contributed by atoms with E-state index in [1.165, 1.54) is 39.2 Å². The van der Waals surface area contributed by atoms with Crippen LogP contribution < -0.4 is 19.6 Å². The number of hydrogen-bond donors (Lipinski definition) is 11. The van der Waals surface area contributed by atoms with Crippen molar-refractivity contribution in [3.05, 3.63) is 40.6 Å². The lowest BCUT2D eigenvalue weighted by Crippen LogP contribution is -2.61. The molecule has 3 fully saturated rings. The summed E-state index contributed by atoms with van der Waals surface area (Å²) >= 11 is 0. The Morgan fingerprint density at radius 2 is 1.22 bits per heavy atom. The Morgan fingerprint density at radius 1 is 0.648 bits per heavy atom. The Bertz CT molecular complexity index is 1850. The second-order valence-corrected chi connectivity index (χ2v) is 13.2. The van der Waals surface area contributed by atoms with E-state index in [2.05, 4.69) is 0 Å². The number of aliphatic hydroxyl groups is 9. The first-order valence-electron chi connectivity index (χ1n) is 16.8. The summed E-state index contributed by atoms with van der Waals surface area (Å²) in [5.41, 5.74) is -1.25. The highest BCUT2D eigenvalue weighted by molar-refractivity contribution is 5.88. The zero-order valence-electron chi connectivity index (χ0n) is 28.8. The number of phenols is 2. The van der Waals surface area contributed by atoms with E-state index in [0.29, 0.717) is 0 Å². The fraction of sp³-hybridized carbons (Fsp3) is 0.559. The highest BCUT2D eigenvalue weighted by Gasteiger charge is 2.48. The molecule has 3 aromatic rings. The molecular formula is C34H42O20. The molecule has 1 aromatic heterocycles. The maximum Gasteiger partial charge on any atom is 0.239 e. The lowest BCUT2D eigenvalue weighted by atomic mass is 9.98. The van der Waals surface area contributed by atoms with Crippen molar-refractivity contribution >= 4 is 11.0 Å². The largest absolute Gasteiger partial charge is 0.507 e. The molecule has 54 heavy (non-hydrogen) atoms. The van der Waals surface area contributed by atoms with Gasteiger partial charge in [-0.05, 0) is 32.0 Å². The molecule has 2 aromatic carbocycles. The van der Waals surface area contributed by atoms with Crippen LogP contribution >= 0.6 is 0 Å². The Kier molecular flexibility index (Phi) is 11.6. The van der Waals surface area contributed by atoms with Gasteiger partial charge in [0.2, 0.25) is 23.8 Å². The molecule has 3 saturated heterocycles. The maximum absolute atomic E-state index is 14.0. The number of benzene rings is 2. The molecule has 0 saturated carbocycles. The molecule has 0 amide bonds. The van der Waals surface area contributed by atoms with E-state index in [9.17, 15) is 61.0 Å². The molecule has 3 aliphatic rings. The molecule has 6 rings (SSSR count). The van der Waals surface area contributed by atoms with E-state index in [1.54, 1.807) is 0 Å². The van der Waals surface area contributed by atoms with E-state index in [0.717, 1.165) is 12.1 Å². The predicted molar refractivity (Wildman–Crippen MR) is 176 cm³/mol. The van der Waals surface area contributed by atoms with E-state index < -0.39 is 121 Å². The molecule has 0 radical (unpaired) electrons. The highest BCUT2D eigenvalue weighted by atomic mass is 16.7. The first-order chi connectivity index (χ1) is 25.5. The third-order valence-corrected chi connectivity index (χ3v) is 9.54. The number of fused-ring (bicyclic) bond motifs is 1. The normalized spacial score (nSPS) is 37.2. The smallest absolute Gasteiger partial charge is 0.239 e. The molecule has 0 spiro atoms. The first-order valence-corrected chi connectivity index (χ1v) is 16.8. The molecule has 11 N–H and O–H groups in total. The number of aliphatic hydroxyl groups excluding tert-OH is 9. The summed E-state index contributed by atoms with van der Waals surface area (Å²) in [6.45, 7) is 2.25. The van der Waals surface area contributed by atoms with Gasteiger partial charge in [-0.1, -0.05) is 0 Å². The quantitative estimate of drug-likeness (QED) is 0.104. The SMILES string of the molecule is COc1cc(-c2oc3cc(OC4OC(CO[C@@H]5O[C@@H](C)[C@H](O)[C@@H](O)[C@H]5O)C(O)C(O)C4O)cc(O)c3c(=O)c2O[C@@H]2O[C@@H](C)[C@H](O)[C@@H](O)[C@H]2O)ccc1O. The van der Waals surface area contributed by atoms with Crippen molar-refractivity contribution in [3.63, 3.8) is 0 Å². The lowest BCUT2D eigenvalue weighted by molar-refractivity contribution is -0.318. The molecule has 15 atom stereocenters. The molecule has 20 heteroatoms. The minimum atomic E-state index is -1.89. The minimum absolute atomic E-state index is 0.0437. The number of phenolic OH excluding ortho intramolecular Hbond substituents is 2. The van der Waals surface area contributed by atoms with Gasteiger partial charge in [-0.15, -0.1) is 0 Å². The zero-order chi connectivity index (χ0) is 39.3. The Hall–Kier alpha value is -3.87. The second kappa shape index (κ2) is 15.7. The summed E-state index contributed by atoms with van der Waals surface area (Å²) in [6, 6.07) is 5.90. The van der Waals surface area contributed by atoms with Crippen molar-refractivity contribution in [2.24, 2.45) is 0 Å². The molecule has 0 bridgehead atoms. The van der Waals surface area contributed by atoms with Crippen molar-refractivity contribution in [2.45, 2.75) is 106 Å². The lowest BCUT2D eigenvalue weighted by Gasteiger charge is -2.42. The number of ether oxygens (including phenoxy) is 7. The van der Waals surface area contributed by atoms with Crippen LogP contribution in [0.25, 0.3) is 22.3 Å². The third-order valence-electron chi connectivity index (χ3n) is 9.54. The van der Waals surface area contributed by atoms with Crippen LogP contribution in [0.3, 0.4) is 0 Å². The molecular weight excluding hydrogens is 728 g/mol. The van der Waals surface area contributed by atoms with Crippen LogP contribution in [0, 0.1) is 0 Å². The average Bonchev–Trinajstić information content (AvgIpc) is 3.14. The first kappa shape index (κ1) is 39.8. The fourth-order valence-electron chi connectivity index (χ4n) is 6.30. The summed E-state index contributed by atoms with van der Waals surface area (Å²) in [6.07, 6.45) is -23.6. The molecule has 298 valence electrons. The average molecular weight is 771 g/mol. The van der Waals surface area contributed by atoms with E-state index >= 15 is 0 Å². The summed E-state index contributed by atoms with van der Waals surface area (Å²) in [7, 11) is 1.27. The van der Waals surface area contributed by atoms with Crippen molar-refractivity contribution in [1.29, 1.82) is 0 Å². The van der Waals surface area contributed by atoms with Gasteiger partial charge in [-0.3, -0.25) is 4.79 Å². The predicted octanol–water partition coefficient (Wildman–Crippen LogP) is -2.88. The second-order valence-electron chi connectivity index (χ2n) is 13.2. The van der Waals surface area contributed by atoms with Crippen LogP contribution in [0.4, 0.5) is 0 Å². The molecule has 20 nitrogen and oxygen atoms in total. The van der Waals surface area contributed by atoms with Gasteiger partial charge in [0, 0.05) is 17.7 Å². The van der Waals surface area contributed by atoms with Gasteiger partial charge in [-0.25, -0.2) is 0 Å². The Labute approximate surface area is 305 Å².